The average Bonchev–Trinajstić information content (AvgIpc) is 2.54. The van der Waals surface area contributed by atoms with Crippen molar-refractivity contribution in [2.75, 3.05) is 0 Å². The van der Waals surface area contributed by atoms with Crippen LogP contribution in [0.15, 0.2) is 24.3 Å². The molecule has 1 aromatic rings. The summed E-state index contributed by atoms with van der Waals surface area (Å²) in [6.45, 7) is 1.99. The molecule has 1 aliphatic rings. The molecule has 0 heterocycles. The molecule has 3 N–H and O–H groups in total. The lowest BCUT2D eigenvalue weighted by atomic mass is 9.83. The molecule has 0 aliphatic heterocycles. The van der Waals surface area contributed by atoms with Crippen molar-refractivity contribution >= 4 is 5.97 Å². The number of nitrogens with two attached hydrogens (primary N) is 1. The lowest BCUT2D eigenvalue weighted by Gasteiger charge is -2.26. The molecule has 15 heavy (non-hydrogen) atoms. The van der Waals surface area contributed by atoms with Crippen LogP contribution in [0.25, 0.3) is 0 Å². The van der Waals surface area contributed by atoms with E-state index in [0.29, 0.717) is 0 Å². The van der Waals surface area contributed by atoms with E-state index >= 15 is 0 Å². The third kappa shape index (κ3) is 1.27. The minimum Gasteiger partial charge on any atom is -0.480 e. The Kier molecular flexibility index (Phi) is 2.27. The molecule has 2 atom stereocenters. The van der Waals surface area contributed by atoms with Crippen molar-refractivity contribution < 1.29 is 9.90 Å². The summed E-state index contributed by atoms with van der Waals surface area (Å²) in [6.07, 6.45) is 1.56. The molecule has 3 heteroatoms. The molecule has 0 fully saturated rings. The Hall–Kier alpha value is -1.35. The Morgan fingerprint density at radius 2 is 2.27 bits per heavy atom. The summed E-state index contributed by atoms with van der Waals surface area (Å²) in [5.41, 5.74) is 6.74. The van der Waals surface area contributed by atoms with Gasteiger partial charge < -0.3 is 10.8 Å². The van der Waals surface area contributed by atoms with Gasteiger partial charge in [0.1, 0.15) is 5.54 Å². The Labute approximate surface area is 88.9 Å². The molecular weight excluding hydrogens is 190 g/mol. The first-order chi connectivity index (χ1) is 7.10. The van der Waals surface area contributed by atoms with Gasteiger partial charge in [0.15, 0.2) is 0 Å². The lowest BCUT2D eigenvalue weighted by Crippen LogP contribution is -2.48. The third-order valence-electron chi connectivity index (χ3n) is 3.42. The number of benzene rings is 1. The Balaban J connectivity index is 2.56. The van der Waals surface area contributed by atoms with Gasteiger partial charge in [-0.05, 0) is 23.5 Å². The highest BCUT2D eigenvalue weighted by Gasteiger charge is 2.48. The van der Waals surface area contributed by atoms with E-state index in [-0.39, 0.29) is 5.92 Å². The van der Waals surface area contributed by atoms with E-state index in [0.717, 1.165) is 24.0 Å². The number of fused-ring (bicyclic) bond motifs is 1. The van der Waals surface area contributed by atoms with Crippen molar-refractivity contribution in [2.45, 2.75) is 25.3 Å². The van der Waals surface area contributed by atoms with Crippen LogP contribution in [0.2, 0.25) is 0 Å². The van der Waals surface area contributed by atoms with Crippen LogP contribution in [0, 0.1) is 5.92 Å². The zero-order valence-corrected chi connectivity index (χ0v) is 8.73. The molecule has 0 saturated carbocycles. The topological polar surface area (TPSA) is 63.3 Å². The normalized spacial score (nSPS) is 28.8. The third-order valence-corrected chi connectivity index (χ3v) is 3.42. The second-order valence-corrected chi connectivity index (χ2v) is 4.14. The smallest absolute Gasteiger partial charge is 0.328 e. The van der Waals surface area contributed by atoms with E-state index in [1.165, 1.54) is 0 Å². The molecule has 2 rings (SSSR count). The van der Waals surface area contributed by atoms with Gasteiger partial charge >= 0.3 is 5.97 Å². The summed E-state index contributed by atoms with van der Waals surface area (Å²) in [6, 6.07) is 7.58. The first kappa shape index (κ1) is 10.2. The zero-order valence-electron chi connectivity index (χ0n) is 8.73. The zero-order chi connectivity index (χ0) is 11.1. The molecule has 80 valence electrons. The maximum atomic E-state index is 11.3. The van der Waals surface area contributed by atoms with Gasteiger partial charge in [-0.25, -0.2) is 4.79 Å². The molecule has 0 aromatic heterocycles. The lowest BCUT2D eigenvalue weighted by molar-refractivity contribution is -0.145. The van der Waals surface area contributed by atoms with Crippen LogP contribution in [0.4, 0.5) is 0 Å². The van der Waals surface area contributed by atoms with Crippen molar-refractivity contribution in [2.24, 2.45) is 11.7 Å². The quantitative estimate of drug-likeness (QED) is 0.769. The van der Waals surface area contributed by atoms with Crippen molar-refractivity contribution in [3.05, 3.63) is 35.4 Å². The number of hydrogen-bond acceptors (Lipinski definition) is 2. The predicted octanol–water partition coefficient (Wildman–Crippen LogP) is 1.51. The van der Waals surface area contributed by atoms with Crippen LogP contribution in [-0.4, -0.2) is 11.1 Å². The Morgan fingerprint density at radius 1 is 1.60 bits per heavy atom. The number of hydrogen-bond donors (Lipinski definition) is 2. The Morgan fingerprint density at radius 3 is 2.87 bits per heavy atom. The molecule has 1 aromatic carbocycles. The van der Waals surface area contributed by atoms with Gasteiger partial charge in [0.05, 0.1) is 0 Å². The molecule has 0 saturated heterocycles. The summed E-state index contributed by atoms with van der Waals surface area (Å²) in [7, 11) is 0. The fourth-order valence-corrected chi connectivity index (χ4v) is 2.50. The number of carbonyl (C=O) groups is 1. The van der Waals surface area contributed by atoms with Crippen LogP contribution >= 0.6 is 0 Å². The summed E-state index contributed by atoms with van der Waals surface area (Å²) in [4.78, 5) is 11.3. The fourth-order valence-electron chi connectivity index (χ4n) is 2.50. The van der Waals surface area contributed by atoms with Gasteiger partial charge in [0.2, 0.25) is 0 Å². The van der Waals surface area contributed by atoms with Gasteiger partial charge in [-0.15, -0.1) is 0 Å². The largest absolute Gasteiger partial charge is 0.480 e. The molecule has 0 amide bonds. The van der Waals surface area contributed by atoms with Gasteiger partial charge in [0, 0.05) is 0 Å². The summed E-state index contributed by atoms with van der Waals surface area (Å²) in [5.74, 6) is -0.910. The Bertz CT molecular complexity index is 402. The maximum absolute atomic E-state index is 11.3. The van der Waals surface area contributed by atoms with Crippen LogP contribution in [-0.2, 0) is 16.8 Å². The standard InChI is InChI=1S/C12H15NO2/c1-2-9-7-8-5-3-4-6-10(8)12(9,13)11(14)15/h3-6,9H,2,7,13H2,1H3,(H,14,15). The van der Waals surface area contributed by atoms with E-state index in [9.17, 15) is 9.90 Å². The number of carboxylic acid groups (broad SMARTS) is 1. The van der Waals surface area contributed by atoms with E-state index in [1.807, 2.05) is 31.2 Å². The fraction of sp³-hybridized carbons (Fsp3) is 0.417. The molecule has 3 nitrogen and oxygen atoms in total. The highest BCUT2D eigenvalue weighted by Crippen LogP contribution is 2.41. The average molecular weight is 205 g/mol. The second kappa shape index (κ2) is 3.35. The van der Waals surface area contributed by atoms with E-state index in [1.54, 1.807) is 0 Å². The first-order valence-electron chi connectivity index (χ1n) is 5.21. The molecular formula is C12H15NO2. The summed E-state index contributed by atoms with van der Waals surface area (Å²) >= 11 is 0. The van der Waals surface area contributed by atoms with Gasteiger partial charge in [0.25, 0.3) is 0 Å². The molecule has 0 spiro atoms. The van der Waals surface area contributed by atoms with Crippen molar-refractivity contribution in [3.63, 3.8) is 0 Å². The molecule has 0 bridgehead atoms. The van der Waals surface area contributed by atoms with Gasteiger partial charge in [-0.2, -0.15) is 0 Å². The maximum Gasteiger partial charge on any atom is 0.328 e. The number of rotatable bonds is 2. The number of aliphatic carboxylic acids is 1. The molecule has 1 aliphatic carbocycles. The minimum atomic E-state index is -1.19. The highest BCUT2D eigenvalue weighted by atomic mass is 16.4. The van der Waals surface area contributed by atoms with E-state index < -0.39 is 11.5 Å². The molecule has 2 unspecified atom stereocenters. The monoisotopic (exact) mass is 205 g/mol. The number of carboxylic acids is 1. The van der Waals surface area contributed by atoms with Gasteiger partial charge in [-0.1, -0.05) is 37.6 Å². The van der Waals surface area contributed by atoms with Crippen LogP contribution in [0.1, 0.15) is 24.5 Å². The van der Waals surface area contributed by atoms with Gasteiger partial charge in [-0.3, -0.25) is 0 Å². The molecule has 0 radical (unpaired) electrons. The van der Waals surface area contributed by atoms with Crippen LogP contribution in [0.5, 0.6) is 0 Å². The van der Waals surface area contributed by atoms with E-state index in [2.05, 4.69) is 0 Å². The van der Waals surface area contributed by atoms with Crippen LogP contribution < -0.4 is 5.73 Å². The van der Waals surface area contributed by atoms with Crippen molar-refractivity contribution in [1.82, 2.24) is 0 Å². The predicted molar refractivity (Wildman–Crippen MR) is 57.4 cm³/mol. The second-order valence-electron chi connectivity index (χ2n) is 4.14. The minimum absolute atomic E-state index is 0.00685. The summed E-state index contributed by atoms with van der Waals surface area (Å²) in [5, 5.41) is 9.30. The highest BCUT2D eigenvalue weighted by molar-refractivity contribution is 5.82. The SMILES string of the molecule is CCC1Cc2ccccc2C1(N)C(=O)O. The van der Waals surface area contributed by atoms with E-state index in [4.69, 9.17) is 5.73 Å². The first-order valence-corrected chi connectivity index (χ1v) is 5.21. The summed E-state index contributed by atoms with van der Waals surface area (Å²) < 4.78 is 0. The van der Waals surface area contributed by atoms with Crippen molar-refractivity contribution in [3.8, 4) is 0 Å². The van der Waals surface area contributed by atoms with Crippen molar-refractivity contribution in [1.29, 1.82) is 0 Å². The van der Waals surface area contributed by atoms with Crippen LogP contribution in [0.3, 0.4) is 0 Å².